The van der Waals surface area contributed by atoms with Crippen molar-refractivity contribution in [3.63, 3.8) is 0 Å². The Hall–Kier alpha value is -1.39. The summed E-state index contributed by atoms with van der Waals surface area (Å²) in [4.78, 5) is 4.48. The van der Waals surface area contributed by atoms with Gasteiger partial charge in [-0.1, -0.05) is 49.2 Å². The fourth-order valence-electron chi connectivity index (χ4n) is 2.27. The molecule has 114 valence electrons. The zero-order valence-corrected chi connectivity index (χ0v) is 13.4. The molecule has 2 aromatic rings. The molecule has 0 bridgehead atoms. The first-order chi connectivity index (χ1) is 10.2. The molecule has 0 radical (unpaired) electrons. The Morgan fingerprint density at radius 3 is 2.86 bits per heavy atom. The van der Waals surface area contributed by atoms with Gasteiger partial charge in [0, 0.05) is 23.0 Å². The summed E-state index contributed by atoms with van der Waals surface area (Å²) in [6.45, 7) is 5.37. The molecule has 0 aliphatic carbocycles. The molecule has 0 spiro atoms. The van der Waals surface area contributed by atoms with Crippen molar-refractivity contribution in [1.29, 1.82) is 0 Å². The third kappa shape index (κ3) is 4.83. The highest BCUT2D eigenvalue weighted by atomic mass is 35.5. The van der Waals surface area contributed by atoms with E-state index < -0.39 is 0 Å². The number of nitrogens with zero attached hydrogens (tertiary/aromatic N) is 2. The highest BCUT2D eigenvalue weighted by Gasteiger charge is 2.14. The summed E-state index contributed by atoms with van der Waals surface area (Å²) in [5.41, 5.74) is 0.881. The summed E-state index contributed by atoms with van der Waals surface area (Å²) in [5.74, 6) is 1.27. The molecule has 0 amide bonds. The summed E-state index contributed by atoms with van der Waals surface area (Å²) >= 11 is 5.99. The third-order valence-corrected chi connectivity index (χ3v) is 3.53. The van der Waals surface area contributed by atoms with E-state index in [4.69, 9.17) is 16.1 Å². The number of benzene rings is 1. The molecule has 0 aliphatic rings. The number of aromatic nitrogens is 2. The molecule has 1 unspecified atom stereocenters. The molecule has 2 rings (SSSR count). The van der Waals surface area contributed by atoms with Gasteiger partial charge in [0.2, 0.25) is 11.7 Å². The Morgan fingerprint density at radius 2 is 2.14 bits per heavy atom. The molecule has 1 atom stereocenters. The van der Waals surface area contributed by atoms with Crippen molar-refractivity contribution in [2.45, 2.75) is 45.6 Å². The Morgan fingerprint density at radius 1 is 1.29 bits per heavy atom. The maximum Gasteiger partial charge on any atom is 0.228 e. The van der Waals surface area contributed by atoms with Crippen LogP contribution in [0.1, 0.15) is 39.0 Å². The minimum atomic E-state index is 0.391. The SMILES string of the molecule is CCCNC(CCC)Cc1nc(-c2cccc(Cl)c2)no1. The average molecular weight is 308 g/mol. The third-order valence-electron chi connectivity index (χ3n) is 3.29. The normalized spacial score (nSPS) is 12.5. The van der Waals surface area contributed by atoms with E-state index in [1.54, 1.807) is 0 Å². The Balaban J connectivity index is 2.04. The maximum atomic E-state index is 5.99. The quantitative estimate of drug-likeness (QED) is 0.797. The molecule has 0 fully saturated rings. The number of hydrogen-bond donors (Lipinski definition) is 1. The lowest BCUT2D eigenvalue weighted by molar-refractivity contribution is 0.350. The molecular formula is C16H22ClN3O. The van der Waals surface area contributed by atoms with Gasteiger partial charge in [0.1, 0.15) is 0 Å². The van der Waals surface area contributed by atoms with Gasteiger partial charge in [0.05, 0.1) is 0 Å². The lowest BCUT2D eigenvalue weighted by atomic mass is 10.1. The van der Waals surface area contributed by atoms with Crippen LogP contribution in [0.2, 0.25) is 5.02 Å². The van der Waals surface area contributed by atoms with Crippen molar-refractivity contribution in [3.05, 3.63) is 35.2 Å². The molecule has 1 aromatic carbocycles. The van der Waals surface area contributed by atoms with Gasteiger partial charge in [-0.05, 0) is 31.5 Å². The Labute approximate surface area is 130 Å². The molecule has 4 nitrogen and oxygen atoms in total. The van der Waals surface area contributed by atoms with Gasteiger partial charge >= 0.3 is 0 Å². The fourth-order valence-corrected chi connectivity index (χ4v) is 2.46. The van der Waals surface area contributed by atoms with Crippen LogP contribution in [0.15, 0.2) is 28.8 Å². The largest absolute Gasteiger partial charge is 0.339 e. The van der Waals surface area contributed by atoms with Crippen molar-refractivity contribution in [1.82, 2.24) is 15.5 Å². The number of rotatable bonds is 8. The van der Waals surface area contributed by atoms with Crippen LogP contribution in [-0.2, 0) is 6.42 Å². The van der Waals surface area contributed by atoms with Gasteiger partial charge in [0.15, 0.2) is 0 Å². The smallest absolute Gasteiger partial charge is 0.228 e. The van der Waals surface area contributed by atoms with Crippen molar-refractivity contribution in [3.8, 4) is 11.4 Å². The van der Waals surface area contributed by atoms with E-state index in [0.717, 1.165) is 37.8 Å². The molecule has 0 aliphatic heterocycles. The molecule has 0 saturated carbocycles. The number of hydrogen-bond acceptors (Lipinski definition) is 4. The van der Waals surface area contributed by atoms with Gasteiger partial charge in [-0.25, -0.2) is 0 Å². The van der Waals surface area contributed by atoms with E-state index in [2.05, 4.69) is 29.3 Å². The zero-order chi connectivity index (χ0) is 15.1. The number of nitrogens with one attached hydrogen (secondary N) is 1. The predicted octanol–water partition coefficient (Wildman–Crippen LogP) is 4.10. The highest BCUT2D eigenvalue weighted by Crippen LogP contribution is 2.20. The fraction of sp³-hybridized carbons (Fsp3) is 0.500. The van der Waals surface area contributed by atoms with Crippen molar-refractivity contribution in [2.75, 3.05) is 6.54 Å². The first-order valence-corrected chi connectivity index (χ1v) is 7.92. The first kappa shape index (κ1) is 16.0. The summed E-state index contributed by atoms with van der Waals surface area (Å²) in [6.07, 6.45) is 4.13. The van der Waals surface area contributed by atoms with Crippen LogP contribution in [-0.4, -0.2) is 22.7 Å². The summed E-state index contributed by atoms with van der Waals surface area (Å²) < 4.78 is 5.37. The van der Waals surface area contributed by atoms with Crippen LogP contribution < -0.4 is 5.32 Å². The Kier molecular flexibility index (Phi) is 6.21. The monoisotopic (exact) mass is 307 g/mol. The molecule has 5 heteroatoms. The highest BCUT2D eigenvalue weighted by molar-refractivity contribution is 6.30. The van der Waals surface area contributed by atoms with Crippen LogP contribution in [0.3, 0.4) is 0 Å². The standard InChI is InChI=1S/C16H22ClN3O/c1-3-6-14(18-9-4-2)11-15-19-16(20-21-15)12-7-5-8-13(17)10-12/h5,7-8,10,14,18H,3-4,6,9,11H2,1-2H3. The second-order valence-corrected chi connectivity index (χ2v) is 5.60. The lowest BCUT2D eigenvalue weighted by Crippen LogP contribution is -2.31. The molecule has 1 N–H and O–H groups in total. The number of halogens is 1. The minimum absolute atomic E-state index is 0.391. The van der Waals surface area contributed by atoms with Crippen molar-refractivity contribution >= 4 is 11.6 Å². The minimum Gasteiger partial charge on any atom is -0.339 e. The zero-order valence-electron chi connectivity index (χ0n) is 12.6. The van der Waals surface area contributed by atoms with E-state index in [9.17, 15) is 0 Å². The molecule has 1 aromatic heterocycles. The summed E-state index contributed by atoms with van der Waals surface area (Å²) in [7, 11) is 0. The van der Waals surface area contributed by atoms with Crippen LogP contribution in [0.5, 0.6) is 0 Å². The second-order valence-electron chi connectivity index (χ2n) is 5.17. The topological polar surface area (TPSA) is 51.0 Å². The molecule has 1 heterocycles. The maximum absolute atomic E-state index is 5.99. The van der Waals surface area contributed by atoms with Gasteiger partial charge in [-0.3, -0.25) is 0 Å². The van der Waals surface area contributed by atoms with Gasteiger partial charge in [-0.2, -0.15) is 4.98 Å². The second kappa shape index (κ2) is 8.15. The average Bonchev–Trinajstić information content (AvgIpc) is 2.93. The van der Waals surface area contributed by atoms with Gasteiger partial charge in [0.25, 0.3) is 0 Å². The van der Waals surface area contributed by atoms with E-state index in [1.807, 2.05) is 24.3 Å². The van der Waals surface area contributed by atoms with Crippen LogP contribution in [0, 0.1) is 0 Å². The van der Waals surface area contributed by atoms with Crippen molar-refractivity contribution < 1.29 is 4.52 Å². The van der Waals surface area contributed by atoms with Crippen LogP contribution in [0.4, 0.5) is 0 Å². The molecular weight excluding hydrogens is 286 g/mol. The van der Waals surface area contributed by atoms with Crippen LogP contribution in [0.25, 0.3) is 11.4 Å². The predicted molar refractivity (Wildman–Crippen MR) is 85.4 cm³/mol. The summed E-state index contributed by atoms with van der Waals surface area (Å²) in [6, 6.07) is 7.88. The van der Waals surface area contributed by atoms with E-state index in [1.165, 1.54) is 0 Å². The van der Waals surface area contributed by atoms with Gasteiger partial charge < -0.3 is 9.84 Å². The van der Waals surface area contributed by atoms with E-state index >= 15 is 0 Å². The van der Waals surface area contributed by atoms with Gasteiger partial charge in [-0.15, -0.1) is 0 Å². The summed E-state index contributed by atoms with van der Waals surface area (Å²) in [5, 5.41) is 8.25. The Bertz CT molecular complexity index is 556. The molecule has 0 saturated heterocycles. The molecule has 21 heavy (non-hydrogen) atoms. The van der Waals surface area contributed by atoms with E-state index in [0.29, 0.717) is 22.8 Å². The van der Waals surface area contributed by atoms with Crippen LogP contribution >= 0.6 is 11.6 Å². The van der Waals surface area contributed by atoms with E-state index in [-0.39, 0.29) is 0 Å². The lowest BCUT2D eigenvalue weighted by Gasteiger charge is -2.15. The first-order valence-electron chi connectivity index (χ1n) is 7.54. The van der Waals surface area contributed by atoms with Crippen molar-refractivity contribution in [2.24, 2.45) is 0 Å².